The normalized spacial score (nSPS) is 12.9. The highest BCUT2D eigenvalue weighted by molar-refractivity contribution is 7.11. The van der Waals surface area contributed by atoms with Crippen LogP contribution < -0.4 is 5.32 Å². The lowest BCUT2D eigenvalue weighted by Crippen LogP contribution is -2.29. The zero-order valence-corrected chi connectivity index (χ0v) is 12.6. The van der Waals surface area contributed by atoms with E-state index in [1.165, 1.54) is 9.88 Å². The molecule has 0 aromatic carbocycles. The summed E-state index contributed by atoms with van der Waals surface area (Å²) >= 11 is 1.79. The third-order valence-electron chi connectivity index (χ3n) is 2.94. The SMILES string of the molecule is CNC(CCOCCOC)Cc1nc(C)c(C)s1. The molecule has 0 fully saturated rings. The van der Waals surface area contributed by atoms with Gasteiger partial charge in [0.05, 0.1) is 23.9 Å². The molecule has 104 valence electrons. The molecule has 0 aliphatic rings. The summed E-state index contributed by atoms with van der Waals surface area (Å²) in [5.74, 6) is 0. The summed E-state index contributed by atoms with van der Waals surface area (Å²) in [6.07, 6.45) is 1.97. The fraction of sp³-hybridized carbons (Fsp3) is 0.769. The molecule has 4 nitrogen and oxygen atoms in total. The number of hydrogen-bond acceptors (Lipinski definition) is 5. The number of methoxy groups -OCH3 is 1. The predicted molar refractivity (Wildman–Crippen MR) is 75.5 cm³/mol. The lowest BCUT2D eigenvalue weighted by atomic mass is 10.1. The summed E-state index contributed by atoms with van der Waals surface area (Å²) in [5, 5.41) is 4.54. The van der Waals surface area contributed by atoms with Crippen LogP contribution in [-0.4, -0.2) is 45.0 Å². The zero-order chi connectivity index (χ0) is 13.4. The second-order valence-corrected chi connectivity index (χ2v) is 5.62. The first-order chi connectivity index (χ1) is 8.67. The molecule has 1 aromatic heterocycles. The van der Waals surface area contributed by atoms with Gasteiger partial charge in [-0.1, -0.05) is 0 Å². The maximum Gasteiger partial charge on any atom is 0.0946 e. The number of thiazole rings is 1. The summed E-state index contributed by atoms with van der Waals surface area (Å²) in [4.78, 5) is 5.89. The standard InChI is InChI=1S/C13H24N2O2S/c1-10-11(2)18-13(15-10)9-12(14-3)5-6-17-8-7-16-4/h12,14H,5-9H2,1-4H3. The van der Waals surface area contributed by atoms with Crippen LogP contribution in [0.2, 0.25) is 0 Å². The van der Waals surface area contributed by atoms with Gasteiger partial charge in [-0.15, -0.1) is 11.3 Å². The van der Waals surface area contributed by atoms with Gasteiger partial charge in [0.2, 0.25) is 0 Å². The van der Waals surface area contributed by atoms with Crippen LogP contribution in [0.1, 0.15) is 22.0 Å². The number of aromatic nitrogens is 1. The van der Waals surface area contributed by atoms with Crippen molar-refractivity contribution in [2.45, 2.75) is 32.7 Å². The van der Waals surface area contributed by atoms with Gasteiger partial charge in [0.1, 0.15) is 0 Å². The van der Waals surface area contributed by atoms with Crippen molar-refractivity contribution in [1.82, 2.24) is 10.3 Å². The van der Waals surface area contributed by atoms with Crippen molar-refractivity contribution in [2.75, 3.05) is 34.0 Å². The predicted octanol–water partition coefficient (Wildman–Crippen LogP) is 1.94. The van der Waals surface area contributed by atoms with E-state index < -0.39 is 0 Å². The van der Waals surface area contributed by atoms with Crippen LogP contribution in [-0.2, 0) is 15.9 Å². The number of aryl methyl sites for hydroxylation is 2. The fourth-order valence-electron chi connectivity index (χ4n) is 1.66. The maximum absolute atomic E-state index is 5.49. The Bertz CT molecular complexity index is 322. The van der Waals surface area contributed by atoms with E-state index in [0.29, 0.717) is 19.3 Å². The van der Waals surface area contributed by atoms with Crippen LogP contribution in [0.5, 0.6) is 0 Å². The van der Waals surface area contributed by atoms with Gasteiger partial charge in [-0.25, -0.2) is 4.98 Å². The van der Waals surface area contributed by atoms with Gasteiger partial charge < -0.3 is 14.8 Å². The van der Waals surface area contributed by atoms with Gasteiger partial charge in [0.15, 0.2) is 0 Å². The first kappa shape index (κ1) is 15.6. The van der Waals surface area contributed by atoms with Gasteiger partial charge in [-0.2, -0.15) is 0 Å². The van der Waals surface area contributed by atoms with Crippen LogP contribution in [0.4, 0.5) is 0 Å². The first-order valence-corrected chi connectivity index (χ1v) is 7.15. The number of hydrogen-bond donors (Lipinski definition) is 1. The highest BCUT2D eigenvalue weighted by atomic mass is 32.1. The van der Waals surface area contributed by atoms with Crippen LogP contribution in [0.3, 0.4) is 0 Å². The Labute approximate surface area is 114 Å². The Morgan fingerprint density at radius 3 is 2.61 bits per heavy atom. The lowest BCUT2D eigenvalue weighted by molar-refractivity contribution is 0.0661. The third-order valence-corrected chi connectivity index (χ3v) is 4.04. The van der Waals surface area contributed by atoms with Crippen molar-refractivity contribution in [1.29, 1.82) is 0 Å². The minimum absolute atomic E-state index is 0.428. The van der Waals surface area contributed by atoms with E-state index in [9.17, 15) is 0 Å². The summed E-state index contributed by atoms with van der Waals surface area (Å²) in [6, 6.07) is 0.428. The summed E-state index contributed by atoms with van der Waals surface area (Å²) in [7, 11) is 3.68. The van der Waals surface area contributed by atoms with Crippen molar-refractivity contribution in [3.8, 4) is 0 Å². The van der Waals surface area contributed by atoms with E-state index in [1.807, 2.05) is 7.05 Å². The molecule has 0 amide bonds. The molecule has 0 radical (unpaired) electrons. The Morgan fingerprint density at radius 2 is 2.06 bits per heavy atom. The van der Waals surface area contributed by atoms with Gasteiger partial charge in [-0.05, 0) is 27.3 Å². The first-order valence-electron chi connectivity index (χ1n) is 6.34. The molecule has 1 aromatic rings. The summed E-state index contributed by atoms with van der Waals surface area (Å²) in [5.41, 5.74) is 1.15. The topological polar surface area (TPSA) is 43.4 Å². The molecule has 0 saturated carbocycles. The average molecular weight is 272 g/mol. The number of nitrogens with zero attached hydrogens (tertiary/aromatic N) is 1. The number of rotatable bonds is 9. The largest absolute Gasteiger partial charge is 0.382 e. The molecule has 0 spiro atoms. The maximum atomic E-state index is 5.49. The molecule has 1 heterocycles. The Kier molecular flexibility index (Phi) is 7.42. The molecular weight excluding hydrogens is 248 g/mol. The smallest absolute Gasteiger partial charge is 0.0946 e. The van der Waals surface area contributed by atoms with Gasteiger partial charge in [0.25, 0.3) is 0 Å². The molecule has 0 saturated heterocycles. The van der Waals surface area contributed by atoms with E-state index in [0.717, 1.165) is 25.1 Å². The second kappa shape index (κ2) is 8.58. The van der Waals surface area contributed by atoms with Crippen molar-refractivity contribution in [3.63, 3.8) is 0 Å². The molecular formula is C13H24N2O2S. The summed E-state index contributed by atoms with van der Waals surface area (Å²) < 4.78 is 10.4. The van der Waals surface area contributed by atoms with Gasteiger partial charge in [-0.3, -0.25) is 0 Å². The quantitative estimate of drug-likeness (QED) is 0.698. The van der Waals surface area contributed by atoms with Crippen molar-refractivity contribution < 1.29 is 9.47 Å². The Balaban J connectivity index is 2.28. The van der Waals surface area contributed by atoms with Crippen LogP contribution in [0, 0.1) is 13.8 Å². The van der Waals surface area contributed by atoms with E-state index in [-0.39, 0.29) is 0 Å². The highest BCUT2D eigenvalue weighted by Gasteiger charge is 2.11. The van der Waals surface area contributed by atoms with Crippen LogP contribution in [0.25, 0.3) is 0 Å². The zero-order valence-electron chi connectivity index (χ0n) is 11.8. The number of ether oxygens (including phenoxy) is 2. The Hall–Kier alpha value is -0.490. The highest BCUT2D eigenvalue weighted by Crippen LogP contribution is 2.18. The Morgan fingerprint density at radius 1 is 1.28 bits per heavy atom. The monoisotopic (exact) mass is 272 g/mol. The molecule has 1 N–H and O–H groups in total. The van der Waals surface area contributed by atoms with Crippen LogP contribution in [0.15, 0.2) is 0 Å². The fourth-order valence-corrected chi connectivity index (χ4v) is 2.67. The van der Waals surface area contributed by atoms with Crippen molar-refractivity contribution in [3.05, 3.63) is 15.6 Å². The average Bonchev–Trinajstić information content (AvgIpc) is 2.66. The molecule has 5 heteroatoms. The van der Waals surface area contributed by atoms with E-state index in [2.05, 4.69) is 24.1 Å². The second-order valence-electron chi connectivity index (χ2n) is 4.33. The molecule has 1 atom stereocenters. The lowest BCUT2D eigenvalue weighted by Gasteiger charge is -2.14. The van der Waals surface area contributed by atoms with Crippen LogP contribution >= 0.6 is 11.3 Å². The van der Waals surface area contributed by atoms with Crippen molar-refractivity contribution in [2.24, 2.45) is 0 Å². The third kappa shape index (κ3) is 5.44. The summed E-state index contributed by atoms with van der Waals surface area (Å²) in [6.45, 7) is 6.28. The number of likely N-dealkylation sites (N-methyl/N-ethyl adjacent to an activating group) is 1. The molecule has 0 aliphatic carbocycles. The van der Waals surface area contributed by atoms with E-state index >= 15 is 0 Å². The molecule has 0 aliphatic heterocycles. The minimum Gasteiger partial charge on any atom is -0.382 e. The van der Waals surface area contributed by atoms with Crippen molar-refractivity contribution >= 4 is 11.3 Å². The minimum atomic E-state index is 0.428. The van der Waals surface area contributed by atoms with Gasteiger partial charge >= 0.3 is 0 Å². The number of nitrogens with one attached hydrogen (secondary N) is 1. The van der Waals surface area contributed by atoms with E-state index in [4.69, 9.17) is 9.47 Å². The van der Waals surface area contributed by atoms with Gasteiger partial charge in [0, 0.05) is 31.1 Å². The molecule has 18 heavy (non-hydrogen) atoms. The molecule has 1 rings (SSSR count). The molecule has 0 bridgehead atoms. The molecule has 1 unspecified atom stereocenters. The van der Waals surface area contributed by atoms with E-state index in [1.54, 1.807) is 18.4 Å².